The van der Waals surface area contributed by atoms with Crippen molar-refractivity contribution < 1.29 is 31.9 Å². The van der Waals surface area contributed by atoms with Gasteiger partial charge in [-0.1, -0.05) is 13.8 Å². The molecule has 1 unspecified atom stereocenters. The first-order chi connectivity index (χ1) is 14.2. The van der Waals surface area contributed by atoms with Gasteiger partial charge < -0.3 is 19.2 Å². The second kappa shape index (κ2) is 10.3. The molecule has 164 valence electrons. The summed E-state index contributed by atoms with van der Waals surface area (Å²) in [7, 11) is -2.52. The largest absolute Gasteiger partial charge is 0.495 e. The molecule has 1 aromatic carbocycles. The number of methoxy groups -OCH3 is 1. The van der Waals surface area contributed by atoms with Crippen molar-refractivity contribution >= 4 is 21.9 Å². The van der Waals surface area contributed by atoms with E-state index in [0.717, 1.165) is 0 Å². The summed E-state index contributed by atoms with van der Waals surface area (Å²) in [6, 6.07) is 7.36. The third-order valence-electron chi connectivity index (χ3n) is 4.39. The number of rotatable bonds is 10. The molecular formula is C20H26N2O7S. The Morgan fingerprint density at radius 2 is 1.90 bits per heavy atom. The number of carbonyl (C=O) groups excluding carboxylic acids is 2. The number of esters is 1. The van der Waals surface area contributed by atoms with E-state index in [2.05, 4.69) is 5.32 Å². The molecule has 0 spiro atoms. The smallest absolute Gasteiger partial charge is 0.338 e. The molecule has 0 aliphatic heterocycles. The normalized spacial score (nSPS) is 12.4. The Morgan fingerprint density at radius 1 is 1.20 bits per heavy atom. The van der Waals surface area contributed by atoms with Gasteiger partial charge >= 0.3 is 5.97 Å². The molecule has 0 aliphatic carbocycles. The lowest BCUT2D eigenvalue weighted by atomic mass is 10.2. The van der Waals surface area contributed by atoms with Gasteiger partial charge in [-0.3, -0.25) is 4.79 Å². The predicted octanol–water partition coefficient (Wildman–Crippen LogP) is 2.18. The molecule has 1 atom stereocenters. The second-order valence-corrected chi connectivity index (χ2v) is 8.21. The minimum Gasteiger partial charge on any atom is -0.495 e. The number of hydrogen-bond donors (Lipinski definition) is 1. The Bertz CT molecular complexity index is 967. The molecule has 9 nitrogen and oxygen atoms in total. The van der Waals surface area contributed by atoms with Gasteiger partial charge in [0.25, 0.3) is 5.91 Å². The van der Waals surface area contributed by atoms with Gasteiger partial charge in [-0.2, -0.15) is 4.31 Å². The molecule has 1 N–H and O–H groups in total. The minimum absolute atomic E-state index is 0.00721. The fourth-order valence-electron chi connectivity index (χ4n) is 2.72. The van der Waals surface area contributed by atoms with Crippen molar-refractivity contribution in [2.24, 2.45) is 0 Å². The number of sulfonamides is 1. The van der Waals surface area contributed by atoms with E-state index < -0.39 is 28.0 Å². The molecule has 1 aromatic heterocycles. The van der Waals surface area contributed by atoms with E-state index in [9.17, 15) is 18.0 Å². The summed E-state index contributed by atoms with van der Waals surface area (Å²) in [6.45, 7) is 5.55. The number of benzene rings is 1. The van der Waals surface area contributed by atoms with Gasteiger partial charge in [-0.15, -0.1) is 0 Å². The van der Waals surface area contributed by atoms with Gasteiger partial charge in [0.2, 0.25) is 10.0 Å². The van der Waals surface area contributed by atoms with Gasteiger partial charge in [0.15, 0.2) is 6.10 Å². The highest BCUT2D eigenvalue weighted by atomic mass is 32.2. The first-order valence-electron chi connectivity index (χ1n) is 9.43. The Hall–Kier alpha value is -2.85. The lowest BCUT2D eigenvalue weighted by molar-refractivity contribution is -0.129. The summed E-state index contributed by atoms with van der Waals surface area (Å²) in [6.07, 6.45) is 0.399. The fraction of sp³-hybridized carbons (Fsp3) is 0.400. The Morgan fingerprint density at radius 3 is 2.47 bits per heavy atom. The van der Waals surface area contributed by atoms with Crippen molar-refractivity contribution in [2.45, 2.75) is 38.3 Å². The van der Waals surface area contributed by atoms with E-state index in [1.54, 1.807) is 26.0 Å². The van der Waals surface area contributed by atoms with Crippen molar-refractivity contribution in [3.8, 4) is 5.75 Å². The Balaban J connectivity index is 2.16. The van der Waals surface area contributed by atoms with Crippen LogP contribution < -0.4 is 10.1 Å². The number of amides is 1. The molecule has 2 rings (SSSR count). The maximum absolute atomic E-state index is 12.9. The number of hydrogen-bond acceptors (Lipinski definition) is 7. The van der Waals surface area contributed by atoms with E-state index >= 15 is 0 Å². The molecule has 1 heterocycles. The maximum atomic E-state index is 12.9. The van der Waals surface area contributed by atoms with E-state index in [1.165, 1.54) is 42.8 Å². The fourth-order valence-corrected chi connectivity index (χ4v) is 4.36. The van der Waals surface area contributed by atoms with Crippen LogP contribution in [0.4, 0.5) is 0 Å². The maximum Gasteiger partial charge on any atom is 0.338 e. The minimum atomic E-state index is -3.87. The summed E-state index contributed by atoms with van der Waals surface area (Å²) in [5, 5.41) is 2.59. The molecule has 0 saturated carbocycles. The first-order valence-corrected chi connectivity index (χ1v) is 10.9. The summed E-state index contributed by atoms with van der Waals surface area (Å²) in [4.78, 5) is 24.5. The molecule has 0 fully saturated rings. The molecule has 30 heavy (non-hydrogen) atoms. The number of furan rings is 1. The first kappa shape index (κ1) is 23.4. The van der Waals surface area contributed by atoms with Crippen molar-refractivity contribution in [2.75, 3.05) is 20.2 Å². The number of nitrogens with zero attached hydrogens (tertiary/aromatic N) is 1. The highest BCUT2D eigenvalue weighted by molar-refractivity contribution is 7.89. The highest BCUT2D eigenvalue weighted by Crippen LogP contribution is 2.28. The van der Waals surface area contributed by atoms with Crippen LogP contribution in [0.1, 0.15) is 36.9 Å². The van der Waals surface area contributed by atoms with Crippen LogP contribution in [-0.4, -0.2) is 50.9 Å². The average molecular weight is 439 g/mol. The average Bonchev–Trinajstić information content (AvgIpc) is 3.25. The van der Waals surface area contributed by atoms with Crippen molar-refractivity contribution in [1.82, 2.24) is 9.62 Å². The molecule has 0 saturated heterocycles. The van der Waals surface area contributed by atoms with Crippen LogP contribution in [0.2, 0.25) is 0 Å². The predicted molar refractivity (Wildman–Crippen MR) is 109 cm³/mol. The third kappa shape index (κ3) is 5.39. The van der Waals surface area contributed by atoms with Gasteiger partial charge in [0.1, 0.15) is 16.4 Å². The standard InChI is InChI=1S/C20H26N2O7S/c1-5-22(6-2)30(25,26)18-12-15(9-10-17(18)27-4)20(24)29-14(3)19(23)21-13-16-8-7-11-28-16/h7-12,14H,5-6,13H2,1-4H3,(H,21,23). The summed E-state index contributed by atoms with van der Waals surface area (Å²) in [5.41, 5.74) is -0.00721. The molecule has 2 aromatic rings. The lowest BCUT2D eigenvalue weighted by Crippen LogP contribution is -2.35. The third-order valence-corrected chi connectivity index (χ3v) is 6.46. The van der Waals surface area contributed by atoms with E-state index in [0.29, 0.717) is 5.76 Å². The Kier molecular flexibility index (Phi) is 8.01. The van der Waals surface area contributed by atoms with Crippen molar-refractivity contribution in [3.05, 3.63) is 47.9 Å². The van der Waals surface area contributed by atoms with Crippen LogP contribution in [0, 0.1) is 0 Å². The summed E-state index contributed by atoms with van der Waals surface area (Å²) in [5.74, 6) is -0.662. The summed E-state index contributed by atoms with van der Waals surface area (Å²) >= 11 is 0. The van der Waals surface area contributed by atoms with Crippen molar-refractivity contribution in [3.63, 3.8) is 0 Å². The van der Waals surface area contributed by atoms with Gasteiger partial charge in [0.05, 0.1) is 25.5 Å². The highest BCUT2D eigenvalue weighted by Gasteiger charge is 2.28. The van der Waals surface area contributed by atoms with Gasteiger partial charge in [-0.05, 0) is 37.3 Å². The molecule has 0 aliphatic rings. The van der Waals surface area contributed by atoms with Crippen molar-refractivity contribution in [1.29, 1.82) is 0 Å². The van der Waals surface area contributed by atoms with Crippen LogP contribution in [0.5, 0.6) is 5.75 Å². The van der Waals surface area contributed by atoms with E-state index in [4.69, 9.17) is 13.9 Å². The molecule has 0 bridgehead atoms. The van der Waals surface area contributed by atoms with Crippen LogP contribution in [0.3, 0.4) is 0 Å². The lowest BCUT2D eigenvalue weighted by Gasteiger charge is -2.20. The van der Waals surface area contributed by atoms with Crippen LogP contribution in [0.15, 0.2) is 45.9 Å². The molecule has 0 radical (unpaired) electrons. The summed E-state index contributed by atoms with van der Waals surface area (Å²) < 4.78 is 42.5. The van der Waals surface area contributed by atoms with Crippen LogP contribution in [-0.2, 0) is 26.1 Å². The zero-order valence-corrected chi connectivity index (χ0v) is 18.2. The number of ether oxygens (including phenoxy) is 2. The van der Waals surface area contributed by atoms with Gasteiger partial charge in [-0.25, -0.2) is 13.2 Å². The quantitative estimate of drug-likeness (QED) is 0.565. The van der Waals surface area contributed by atoms with Gasteiger partial charge in [0, 0.05) is 13.1 Å². The topological polar surface area (TPSA) is 115 Å². The molecular weight excluding hydrogens is 412 g/mol. The van der Waals surface area contributed by atoms with E-state index in [1.807, 2.05) is 0 Å². The molecule has 1 amide bonds. The Labute approximate surface area is 176 Å². The van der Waals surface area contributed by atoms with Crippen LogP contribution >= 0.6 is 0 Å². The molecule has 10 heteroatoms. The zero-order valence-electron chi connectivity index (χ0n) is 17.4. The number of carbonyl (C=O) groups is 2. The SMILES string of the molecule is CCN(CC)S(=O)(=O)c1cc(C(=O)OC(C)C(=O)NCc2ccco2)ccc1OC. The van der Waals surface area contributed by atoms with E-state index in [-0.39, 0.29) is 35.8 Å². The second-order valence-electron chi connectivity index (χ2n) is 6.30. The number of nitrogens with one attached hydrogen (secondary N) is 1. The van der Waals surface area contributed by atoms with Crippen LogP contribution in [0.25, 0.3) is 0 Å². The zero-order chi connectivity index (χ0) is 22.3. The monoisotopic (exact) mass is 438 g/mol.